The second-order valence-corrected chi connectivity index (χ2v) is 7.11. The van der Waals surface area contributed by atoms with E-state index in [1.807, 2.05) is 18.2 Å². The van der Waals surface area contributed by atoms with Gasteiger partial charge < -0.3 is 14.8 Å². The van der Waals surface area contributed by atoms with Crippen molar-refractivity contribution in [3.8, 4) is 11.5 Å². The molecule has 0 unspecified atom stereocenters. The van der Waals surface area contributed by atoms with Crippen LogP contribution < -0.4 is 14.8 Å². The monoisotopic (exact) mass is 386 g/mol. The van der Waals surface area contributed by atoms with Gasteiger partial charge in [0, 0.05) is 23.6 Å². The highest BCUT2D eigenvalue weighted by Crippen LogP contribution is 2.54. The van der Waals surface area contributed by atoms with Crippen LogP contribution in [0, 0.1) is 16.0 Å². The van der Waals surface area contributed by atoms with Crippen molar-refractivity contribution < 1.29 is 14.4 Å². The van der Waals surface area contributed by atoms with E-state index in [0.29, 0.717) is 16.5 Å². The first-order chi connectivity index (χ1) is 13.0. The number of methoxy groups -OCH3 is 2. The number of nitro benzene ring substituents is 1. The van der Waals surface area contributed by atoms with Crippen molar-refractivity contribution in [2.75, 3.05) is 19.5 Å². The first-order valence-corrected chi connectivity index (χ1v) is 9.05. The van der Waals surface area contributed by atoms with Crippen LogP contribution in [0.3, 0.4) is 0 Å². The maximum atomic E-state index is 11.2. The summed E-state index contributed by atoms with van der Waals surface area (Å²) in [4.78, 5) is 10.8. The number of hydrogen-bond donors (Lipinski definition) is 1. The summed E-state index contributed by atoms with van der Waals surface area (Å²) in [7, 11) is 3.24. The number of hydrogen-bond acceptors (Lipinski definition) is 5. The Balaban J connectivity index is 1.85. The number of rotatable bonds is 4. The van der Waals surface area contributed by atoms with Crippen LogP contribution in [0.4, 0.5) is 11.4 Å². The highest BCUT2D eigenvalue weighted by molar-refractivity contribution is 6.33. The average Bonchev–Trinajstić information content (AvgIpc) is 3.16. The van der Waals surface area contributed by atoms with Gasteiger partial charge in [0.25, 0.3) is 5.69 Å². The lowest BCUT2D eigenvalue weighted by atomic mass is 9.76. The smallest absolute Gasteiger partial charge is 0.271 e. The third-order valence-electron chi connectivity index (χ3n) is 5.38. The Morgan fingerprint density at radius 1 is 1.22 bits per heavy atom. The number of benzene rings is 2. The summed E-state index contributed by atoms with van der Waals surface area (Å²) in [5.74, 6) is 1.61. The summed E-state index contributed by atoms with van der Waals surface area (Å²) < 4.78 is 11.1. The van der Waals surface area contributed by atoms with Gasteiger partial charge in [-0.25, -0.2) is 0 Å². The van der Waals surface area contributed by atoms with E-state index in [9.17, 15) is 10.1 Å². The number of ether oxygens (including phenoxy) is 2. The molecule has 1 heterocycles. The lowest BCUT2D eigenvalue weighted by Crippen LogP contribution is -2.29. The summed E-state index contributed by atoms with van der Waals surface area (Å²) in [5, 5.41) is 15.1. The molecule has 1 aliphatic heterocycles. The van der Waals surface area contributed by atoms with Crippen LogP contribution in [0.15, 0.2) is 42.5 Å². The predicted molar refractivity (Wildman–Crippen MR) is 104 cm³/mol. The number of anilines is 1. The fourth-order valence-corrected chi connectivity index (χ4v) is 4.49. The minimum absolute atomic E-state index is 0.0111. The molecule has 2 aromatic rings. The molecule has 0 saturated heterocycles. The van der Waals surface area contributed by atoms with E-state index in [1.165, 1.54) is 6.07 Å². The molecule has 7 heteroatoms. The lowest BCUT2D eigenvalue weighted by molar-refractivity contribution is -0.384. The molecule has 2 aliphatic rings. The van der Waals surface area contributed by atoms with Crippen molar-refractivity contribution in [1.82, 2.24) is 0 Å². The number of nitrogens with one attached hydrogen (secondary N) is 1. The van der Waals surface area contributed by atoms with Gasteiger partial charge in [-0.05, 0) is 24.0 Å². The number of nitrogens with zero attached hydrogens (tertiary/aromatic N) is 1. The Morgan fingerprint density at radius 3 is 2.74 bits per heavy atom. The molecule has 0 radical (unpaired) electrons. The molecule has 0 saturated carbocycles. The van der Waals surface area contributed by atoms with Gasteiger partial charge >= 0.3 is 0 Å². The van der Waals surface area contributed by atoms with Gasteiger partial charge in [0.2, 0.25) is 0 Å². The molecule has 1 N–H and O–H groups in total. The van der Waals surface area contributed by atoms with Crippen LogP contribution in [0.2, 0.25) is 5.02 Å². The fourth-order valence-electron chi connectivity index (χ4n) is 4.21. The number of allylic oxidation sites excluding steroid dienone is 2. The van der Waals surface area contributed by atoms with Gasteiger partial charge in [-0.3, -0.25) is 10.1 Å². The molecule has 1 aliphatic carbocycles. The highest BCUT2D eigenvalue weighted by Gasteiger charge is 2.41. The maximum absolute atomic E-state index is 11.2. The van der Waals surface area contributed by atoms with Crippen molar-refractivity contribution in [3.05, 3.63) is 68.7 Å². The van der Waals surface area contributed by atoms with E-state index in [-0.39, 0.29) is 23.6 Å². The largest absolute Gasteiger partial charge is 0.493 e. The van der Waals surface area contributed by atoms with Crippen LogP contribution in [0.25, 0.3) is 0 Å². The zero-order valence-corrected chi connectivity index (χ0v) is 15.7. The zero-order chi connectivity index (χ0) is 19.1. The topological polar surface area (TPSA) is 73.6 Å². The Hall–Kier alpha value is -2.73. The van der Waals surface area contributed by atoms with Gasteiger partial charge in [-0.1, -0.05) is 35.9 Å². The van der Waals surface area contributed by atoms with Crippen molar-refractivity contribution in [2.24, 2.45) is 5.92 Å². The van der Waals surface area contributed by atoms with Gasteiger partial charge in [0.15, 0.2) is 11.5 Å². The Bertz CT molecular complexity index is 944. The van der Waals surface area contributed by atoms with Crippen molar-refractivity contribution in [1.29, 1.82) is 0 Å². The second kappa shape index (κ2) is 6.78. The van der Waals surface area contributed by atoms with E-state index in [2.05, 4.69) is 17.5 Å². The number of fused-ring (bicyclic) bond motifs is 3. The average molecular weight is 387 g/mol. The SMILES string of the molecule is COc1cccc([C@@H]2Nc3c(Cl)cc([N+](=O)[O-])cc3[C@@H]3C=CC[C@@H]32)c1OC. The van der Waals surface area contributed by atoms with Gasteiger partial charge in [0.05, 0.1) is 35.9 Å². The zero-order valence-electron chi connectivity index (χ0n) is 14.9. The standard InChI is InChI=1S/C20H19ClN2O4/c1-26-17-8-4-7-14(20(17)27-2)18-13-6-3-5-12(13)15-9-11(23(24)25)10-16(21)19(15)22-18/h3-5,7-10,12-13,18,22H,6H2,1-2H3/t12-,13+,18-/m1/s1. The molecule has 0 spiro atoms. The first-order valence-electron chi connectivity index (χ1n) is 8.67. The van der Waals surface area contributed by atoms with E-state index >= 15 is 0 Å². The third kappa shape index (κ3) is 2.80. The van der Waals surface area contributed by atoms with Gasteiger partial charge in [-0.15, -0.1) is 0 Å². The first kappa shape index (κ1) is 17.7. The number of para-hydroxylation sites is 1. The Morgan fingerprint density at radius 2 is 2.04 bits per heavy atom. The van der Waals surface area contributed by atoms with Crippen LogP contribution in [0.1, 0.15) is 29.5 Å². The van der Waals surface area contributed by atoms with Crippen molar-refractivity contribution in [3.63, 3.8) is 0 Å². The summed E-state index contributed by atoms with van der Waals surface area (Å²) >= 11 is 6.42. The minimum atomic E-state index is -0.406. The summed E-state index contributed by atoms with van der Waals surface area (Å²) in [5.41, 5.74) is 2.60. The lowest BCUT2D eigenvalue weighted by Gasteiger charge is -2.38. The molecular weight excluding hydrogens is 368 g/mol. The normalized spacial score (nSPS) is 22.6. The third-order valence-corrected chi connectivity index (χ3v) is 5.68. The Labute approximate surface area is 161 Å². The highest BCUT2D eigenvalue weighted by atomic mass is 35.5. The molecule has 6 nitrogen and oxygen atoms in total. The van der Waals surface area contributed by atoms with E-state index in [4.69, 9.17) is 21.1 Å². The maximum Gasteiger partial charge on any atom is 0.271 e. The molecule has 2 aromatic carbocycles. The minimum Gasteiger partial charge on any atom is -0.493 e. The quantitative estimate of drug-likeness (QED) is 0.450. The molecule has 4 rings (SSSR count). The summed E-state index contributed by atoms with van der Waals surface area (Å²) in [6.07, 6.45) is 5.10. The van der Waals surface area contributed by atoms with Crippen LogP contribution in [-0.2, 0) is 0 Å². The predicted octanol–water partition coefficient (Wildman–Crippen LogP) is 5.09. The summed E-state index contributed by atoms with van der Waals surface area (Å²) in [6.45, 7) is 0. The van der Waals surface area contributed by atoms with Crippen LogP contribution in [-0.4, -0.2) is 19.1 Å². The van der Waals surface area contributed by atoms with E-state index < -0.39 is 4.92 Å². The molecule has 27 heavy (non-hydrogen) atoms. The van der Waals surface area contributed by atoms with Crippen LogP contribution in [0.5, 0.6) is 11.5 Å². The molecule has 0 bridgehead atoms. The molecule has 0 amide bonds. The molecule has 3 atom stereocenters. The summed E-state index contributed by atoms with van der Waals surface area (Å²) in [6, 6.07) is 8.77. The Kier molecular flexibility index (Phi) is 4.44. The van der Waals surface area contributed by atoms with E-state index in [0.717, 1.165) is 23.2 Å². The van der Waals surface area contributed by atoms with E-state index in [1.54, 1.807) is 20.3 Å². The number of nitro groups is 1. The second-order valence-electron chi connectivity index (χ2n) is 6.71. The van der Waals surface area contributed by atoms with Crippen molar-refractivity contribution in [2.45, 2.75) is 18.4 Å². The fraction of sp³-hybridized carbons (Fsp3) is 0.300. The molecule has 140 valence electrons. The molecule has 0 fully saturated rings. The number of halogens is 1. The van der Waals surface area contributed by atoms with Gasteiger partial charge in [-0.2, -0.15) is 0 Å². The number of non-ortho nitro benzene ring substituents is 1. The molecule has 0 aromatic heterocycles. The van der Waals surface area contributed by atoms with Crippen LogP contribution >= 0.6 is 11.6 Å². The van der Waals surface area contributed by atoms with Crippen molar-refractivity contribution >= 4 is 23.0 Å². The van der Waals surface area contributed by atoms with Gasteiger partial charge in [0.1, 0.15) is 0 Å². The molecular formula is C20H19ClN2O4.